The van der Waals surface area contributed by atoms with Crippen molar-refractivity contribution in [3.63, 3.8) is 0 Å². The Kier molecular flexibility index (Phi) is 4.23. The molecule has 4 N–H and O–H groups in total. The summed E-state index contributed by atoms with van der Waals surface area (Å²) in [6.45, 7) is 0. The molecule has 21 heavy (non-hydrogen) atoms. The topological polar surface area (TPSA) is 80.0 Å². The maximum Gasteiger partial charge on any atom is 0.269 e. The van der Waals surface area contributed by atoms with Gasteiger partial charge in [0.05, 0.1) is 10.7 Å². The summed E-state index contributed by atoms with van der Waals surface area (Å²) >= 11 is 9.53. The summed E-state index contributed by atoms with van der Waals surface area (Å²) < 4.78 is 1.00. The smallest absolute Gasteiger partial charge is 0.269 e. The summed E-state index contributed by atoms with van der Waals surface area (Å²) in [6.07, 6.45) is 2.28. The Balaban J connectivity index is 1.76. The van der Waals surface area contributed by atoms with Crippen molar-refractivity contribution in [2.24, 2.45) is 0 Å². The number of rotatable bonds is 4. The zero-order valence-corrected chi connectivity index (χ0v) is 14.6. The van der Waals surface area contributed by atoms with Crippen molar-refractivity contribution in [3.05, 3.63) is 31.7 Å². The number of carbonyl (C=O) groups excluding carboxylic acids is 1. The number of carbonyl (C=O) groups is 1. The van der Waals surface area contributed by atoms with Crippen LogP contribution in [-0.4, -0.2) is 16.9 Å². The van der Waals surface area contributed by atoms with Crippen LogP contribution in [-0.2, 0) is 0 Å². The highest BCUT2D eigenvalue weighted by atomic mass is 127. The van der Waals surface area contributed by atoms with Crippen LogP contribution in [0, 0.1) is 3.57 Å². The molecule has 0 aliphatic heterocycles. The number of thiazole rings is 1. The van der Waals surface area contributed by atoms with Crippen LogP contribution in [0.25, 0.3) is 0 Å². The highest BCUT2D eigenvalue weighted by Gasteiger charge is 2.24. The molecule has 1 saturated carbocycles. The Morgan fingerprint density at radius 3 is 2.90 bits per heavy atom. The van der Waals surface area contributed by atoms with Crippen LogP contribution in [0.15, 0.2) is 18.2 Å². The molecule has 5 nitrogen and oxygen atoms in total. The van der Waals surface area contributed by atoms with Gasteiger partial charge in [0.1, 0.15) is 10.7 Å². The number of nitrogens with two attached hydrogens (primary N) is 1. The number of aromatic nitrogens is 1. The van der Waals surface area contributed by atoms with Crippen LogP contribution in [0.4, 0.5) is 16.6 Å². The fraction of sp³-hybridized carbons (Fsp3) is 0.231. The second-order valence-corrected chi connectivity index (χ2v) is 7.38. The van der Waals surface area contributed by atoms with E-state index in [0.29, 0.717) is 26.8 Å². The van der Waals surface area contributed by atoms with Gasteiger partial charge in [0.2, 0.25) is 0 Å². The standard InChI is InChI=1S/C13H12ClIN4OS/c14-8-5-6(15)1-4-9(8)18-12(20)10-11(16)19-13(21-10)17-7-2-3-7/h1,4-5,7H,2-3,16H2,(H,17,19)(H,18,20). The van der Waals surface area contributed by atoms with E-state index >= 15 is 0 Å². The molecule has 2 aromatic rings. The van der Waals surface area contributed by atoms with E-state index in [1.165, 1.54) is 11.3 Å². The summed E-state index contributed by atoms with van der Waals surface area (Å²) in [5, 5.41) is 7.18. The van der Waals surface area contributed by atoms with Crippen molar-refractivity contribution < 1.29 is 4.79 Å². The second-order valence-electron chi connectivity index (χ2n) is 4.73. The highest BCUT2D eigenvalue weighted by molar-refractivity contribution is 14.1. The van der Waals surface area contributed by atoms with Crippen molar-refractivity contribution in [1.82, 2.24) is 4.98 Å². The minimum Gasteiger partial charge on any atom is -0.382 e. The maximum absolute atomic E-state index is 12.3. The molecule has 0 bridgehead atoms. The molecule has 0 unspecified atom stereocenters. The van der Waals surface area contributed by atoms with E-state index in [1.54, 1.807) is 12.1 Å². The lowest BCUT2D eigenvalue weighted by molar-refractivity contribution is 0.103. The molecular weight excluding hydrogens is 423 g/mol. The van der Waals surface area contributed by atoms with E-state index in [9.17, 15) is 4.79 Å². The molecule has 0 atom stereocenters. The van der Waals surface area contributed by atoms with Gasteiger partial charge in [-0.3, -0.25) is 4.79 Å². The van der Waals surface area contributed by atoms with E-state index < -0.39 is 0 Å². The Bertz CT molecular complexity index is 701. The third-order valence-electron chi connectivity index (χ3n) is 2.94. The predicted octanol–water partition coefficient (Wildman–Crippen LogP) is 3.81. The number of nitrogens with zero attached hydrogens (tertiary/aromatic N) is 1. The molecule has 1 amide bonds. The number of hydrogen-bond acceptors (Lipinski definition) is 5. The summed E-state index contributed by atoms with van der Waals surface area (Å²) in [7, 11) is 0. The SMILES string of the molecule is Nc1nc(NC2CC2)sc1C(=O)Nc1ccc(I)cc1Cl. The number of nitrogen functional groups attached to an aromatic ring is 1. The van der Waals surface area contributed by atoms with E-state index in [0.717, 1.165) is 16.4 Å². The monoisotopic (exact) mass is 434 g/mol. The van der Waals surface area contributed by atoms with Gasteiger partial charge in [-0.25, -0.2) is 4.98 Å². The average Bonchev–Trinajstić information content (AvgIpc) is 3.15. The van der Waals surface area contributed by atoms with Crippen molar-refractivity contribution in [3.8, 4) is 0 Å². The summed E-state index contributed by atoms with van der Waals surface area (Å²) in [5.41, 5.74) is 6.38. The Morgan fingerprint density at radius 2 is 2.24 bits per heavy atom. The zero-order chi connectivity index (χ0) is 15.0. The Hall–Kier alpha value is -1.06. The molecular formula is C13H12ClIN4OS. The quantitative estimate of drug-likeness (QED) is 0.639. The van der Waals surface area contributed by atoms with Crippen LogP contribution < -0.4 is 16.4 Å². The molecule has 110 valence electrons. The third kappa shape index (κ3) is 3.58. The largest absolute Gasteiger partial charge is 0.382 e. The molecule has 1 heterocycles. The molecule has 0 radical (unpaired) electrons. The zero-order valence-electron chi connectivity index (χ0n) is 10.8. The minimum atomic E-state index is -0.294. The molecule has 8 heteroatoms. The Morgan fingerprint density at radius 1 is 1.48 bits per heavy atom. The van der Waals surface area contributed by atoms with E-state index in [-0.39, 0.29) is 11.7 Å². The van der Waals surface area contributed by atoms with Crippen molar-refractivity contribution >= 4 is 68.1 Å². The molecule has 0 spiro atoms. The number of amides is 1. The van der Waals surface area contributed by atoms with Gasteiger partial charge in [0, 0.05) is 9.61 Å². The summed E-state index contributed by atoms with van der Waals surface area (Å²) in [6, 6.07) is 5.89. The van der Waals surface area contributed by atoms with Gasteiger partial charge in [0.25, 0.3) is 5.91 Å². The first-order valence-electron chi connectivity index (χ1n) is 6.32. The predicted molar refractivity (Wildman–Crippen MR) is 95.3 cm³/mol. The molecule has 1 aliphatic rings. The van der Waals surface area contributed by atoms with Crippen LogP contribution in [0.1, 0.15) is 22.5 Å². The number of benzene rings is 1. The Labute approximate surface area is 144 Å². The van der Waals surface area contributed by atoms with Crippen molar-refractivity contribution in [1.29, 1.82) is 0 Å². The van der Waals surface area contributed by atoms with Crippen LogP contribution >= 0.6 is 45.5 Å². The van der Waals surface area contributed by atoms with Gasteiger partial charge < -0.3 is 16.4 Å². The van der Waals surface area contributed by atoms with E-state index in [2.05, 4.69) is 38.2 Å². The number of nitrogens with one attached hydrogen (secondary N) is 2. The summed E-state index contributed by atoms with van der Waals surface area (Å²) in [4.78, 5) is 16.9. The number of anilines is 3. The molecule has 1 aromatic carbocycles. The molecule has 1 aliphatic carbocycles. The first kappa shape index (κ1) is 14.9. The lowest BCUT2D eigenvalue weighted by Crippen LogP contribution is -2.12. The number of hydrogen-bond donors (Lipinski definition) is 3. The van der Waals surface area contributed by atoms with Crippen LogP contribution in [0.5, 0.6) is 0 Å². The average molecular weight is 435 g/mol. The van der Waals surface area contributed by atoms with Gasteiger partial charge in [0.15, 0.2) is 5.13 Å². The highest BCUT2D eigenvalue weighted by Crippen LogP contribution is 2.31. The lowest BCUT2D eigenvalue weighted by Gasteiger charge is -2.06. The first-order chi connectivity index (χ1) is 10.0. The van der Waals surface area contributed by atoms with Crippen molar-refractivity contribution in [2.75, 3.05) is 16.4 Å². The minimum absolute atomic E-state index is 0.238. The van der Waals surface area contributed by atoms with Crippen LogP contribution in [0.2, 0.25) is 5.02 Å². The maximum atomic E-state index is 12.3. The van der Waals surface area contributed by atoms with Gasteiger partial charge >= 0.3 is 0 Å². The fourth-order valence-electron chi connectivity index (χ4n) is 1.73. The van der Waals surface area contributed by atoms with Crippen LogP contribution in [0.3, 0.4) is 0 Å². The molecule has 1 aromatic heterocycles. The number of halogens is 2. The lowest BCUT2D eigenvalue weighted by atomic mass is 10.3. The molecule has 1 fully saturated rings. The fourth-order valence-corrected chi connectivity index (χ4v) is 3.49. The molecule has 3 rings (SSSR count). The van der Waals surface area contributed by atoms with Gasteiger partial charge in [-0.05, 0) is 53.6 Å². The van der Waals surface area contributed by atoms with Crippen molar-refractivity contribution in [2.45, 2.75) is 18.9 Å². The third-order valence-corrected chi connectivity index (χ3v) is 4.93. The van der Waals surface area contributed by atoms with Gasteiger partial charge in [-0.1, -0.05) is 22.9 Å². The normalized spacial score (nSPS) is 14.0. The van der Waals surface area contributed by atoms with Gasteiger partial charge in [-0.15, -0.1) is 0 Å². The first-order valence-corrected chi connectivity index (χ1v) is 8.59. The van der Waals surface area contributed by atoms with E-state index in [1.807, 2.05) is 6.07 Å². The summed E-state index contributed by atoms with van der Waals surface area (Å²) in [5.74, 6) is -0.0563. The van der Waals surface area contributed by atoms with E-state index in [4.69, 9.17) is 17.3 Å². The van der Waals surface area contributed by atoms with Gasteiger partial charge in [-0.2, -0.15) is 0 Å². The molecule has 0 saturated heterocycles. The second kappa shape index (κ2) is 5.98.